The number of rotatable bonds is 4. The van der Waals surface area contributed by atoms with E-state index in [9.17, 15) is 9.00 Å². The maximum Gasteiger partial charge on any atom is 0.210 e. The van der Waals surface area contributed by atoms with Gasteiger partial charge in [0.25, 0.3) is 0 Å². The Morgan fingerprint density at radius 2 is 2.18 bits per heavy atom. The summed E-state index contributed by atoms with van der Waals surface area (Å²) in [5, 5.41) is 0.801. The number of hydrogen-bond acceptors (Lipinski definition) is 4. The molecule has 0 spiro atoms. The summed E-state index contributed by atoms with van der Waals surface area (Å²) in [4.78, 5) is 11.7. The molecule has 0 amide bonds. The molecule has 90 valence electrons. The van der Waals surface area contributed by atoms with E-state index in [2.05, 4.69) is 0 Å². The second-order valence-corrected chi connectivity index (χ2v) is 5.09. The zero-order chi connectivity index (χ0) is 12.4. The van der Waals surface area contributed by atoms with Gasteiger partial charge in [0.1, 0.15) is 11.3 Å². The number of carbonyl (C=O) groups is 1. The average Bonchev–Trinajstić information content (AvgIpc) is 2.70. The highest BCUT2D eigenvalue weighted by molar-refractivity contribution is 7.85. The first-order chi connectivity index (χ1) is 8.10. The average molecular weight is 252 g/mol. The molecular formula is C12H12O4S. The van der Waals surface area contributed by atoms with Crippen LogP contribution in [-0.2, 0) is 10.8 Å². The Morgan fingerprint density at radius 3 is 2.82 bits per heavy atom. The Balaban J connectivity index is 2.37. The number of ketones is 1. The smallest absolute Gasteiger partial charge is 0.210 e. The van der Waals surface area contributed by atoms with Gasteiger partial charge in [-0.2, -0.15) is 0 Å². The number of furan rings is 1. The fourth-order valence-corrected chi connectivity index (χ4v) is 2.05. The fourth-order valence-electron chi connectivity index (χ4n) is 1.54. The van der Waals surface area contributed by atoms with Gasteiger partial charge in [-0.1, -0.05) is 0 Å². The van der Waals surface area contributed by atoms with Crippen LogP contribution in [-0.4, -0.2) is 29.1 Å². The number of methoxy groups -OCH3 is 1. The summed E-state index contributed by atoms with van der Waals surface area (Å²) >= 11 is 0. The van der Waals surface area contributed by atoms with Gasteiger partial charge in [0.05, 0.1) is 12.9 Å². The minimum atomic E-state index is -1.16. The molecule has 1 atom stereocenters. The normalized spacial score (nSPS) is 12.6. The molecule has 0 saturated heterocycles. The molecule has 0 saturated carbocycles. The third-order valence-corrected chi connectivity index (χ3v) is 3.00. The van der Waals surface area contributed by atoms with Crippen molar-refractivity contribution in [3.63, 3.8) is 0 Å². The molecule has 1 heterocycles. The van der Waals surface area contributed by atoms with E-state index in [1.807, 2.05) is 0 Å². The van der Waals surface area contributed by atoms with Crippen LogP contribution in [0.1, 0.15) is 10.6 Å². The van der Waals surface area contributed by atoms with Gasteiger partial charge < -0.3 is 9.15 Å². The molecule has 5 heteroatoms. The van der Waals surface area contributed by atoms with Crippen molar-refractivity contribution >= 4 is 27.6 Å². The van der Waals surface area contributed by atoms with Gasteiger partial charge in [-0.15, -0.1) is 0 Å². The van der Waals surface area contributed by atoms with Gasteiger partial charge in [0.2, 0.25) is 5.78 Å². The lowest BCUT2D eigenvalue weighted by Crippen LogP contribution is -2.08. The molecule has 1 aromatic carbocycles. The first-order valence-corrected chi connectivity index (χ1v) is 6.73. The van der Waals surface area contributed by atoms with Crippen LogP contribution in [0, 0.1) is 0 Å². The third kappa shape index (κ3) is 2.55. The SMILES string of the molecule is COc1ccc2oc(C(=O)CS(C)=O)cc2c1. The van der Waals surface area contributed by atoms with Gasteiger partial charge >= 0.3 is 0 Å². The van der Waals surface area contributed by atoms with Crippen LogP contribution in [0.5, 0.6) is 5.75 Å². The number of hydrogen-bond donors (Lipinski definition) is 0. The predicted molar refractivity (Wildman–Crippen MR) is 66.0 cm³/mol. The van der Waals surface area contributed by atoms with Crippen molar-refractivity contribution in [2.45, 2.75) is 0 Å². The van der Waals surface area contributed by atoms with Crippen LogP contribution >= 0.6 is 0 Å². The molecule has 0 aliphatic carbocycles. The minimum absolute atomic E-state index is 0.0169. The van der Waals surface area contributed by atoms with E-state index in [4.69, 9.17) is 9.15 Å². The van der Waals surface area contributed by atoms with Gasteiger partial charge in [0, 0.05) is 22.4 Å². The van der Waals surface area contributed by atoms with E-state index >= 15 is 0 Å². The second kappa shape index (κ2) is 4.71. The first kappa shape index (κ1) is 11.9. The Kier molecular flexibility index (Phi) is 3.28. The van der Waals surface area contributed by atoms with Crippen molar-refractivity contribution in [1.29, 1.82) is 0 Å². The third-order valence-electron chi connectivity index (χ3n) is 2.33. The number of ether oxygens (including phenoxy) is 1. The maximum atomic E-state index is 11.7. The van der Waals surface area contributed by atoms with Crippen LogP contribution in [0.15, 0.2) is 28.7 Å². The Bertz CT molecular complexity index is 585. The summed E-state index contributed by atoms with van der Waals surface area (Å²) in [5.41, 5.74) is 0.621. The van der Waals surface area contributed by atoms with Crippen molar-refractivity contribution in [3.05, 3.63) is 30.0 Å². The summed E-state index contributed by atoms with van der Waals surface area (Å²) in [5.74, 6) is 0.678. The van der Waals surface area contributed by atoms with E-state index in [-0.39, 0.29) is 17.3 Å². The molecule has 2 aromatic rings. The highest BCUT2D eigenvalue weighted by Crippen LogP contribution is 2.24. The molecule has 1 aromatic heterocycles. The second-order valence-electron chi connectivity index (χ2n) is 3.66. The first-order valence-electron chi connectivity index (χ1n) is 5.01. The maximum absolute atomic E-state index is 11.7. The largest absolute Gasteiger partial charge is 0.497 e. The van der Waals surface area contributed by atoms with E-state index in [0.717, 1.165) is 5.39 Å². The van der Waals surface area contributed by atoms with Crippen LogP contribution < -0.4 is 4.74 Å². The zero-order valence-corrected chi connectivity index (χ0v) is 10.4. The Morgan fingerprint density at radius 1 is 1.41 bits per heavy atom. The quantitative estimate of drug-likeness (QED) is 0.781. The van der Waals surface area contributed by atoms with Crippen LogP contribution in [0.2, 0.25) is 0 Å². The Labute approximate surface area is 101 Å². The molecule has 2 rings (SSSR count). The molecule has 1 unspecified atom stereocenters. The van der Waals surface area contributed by atoms with Gasteiger partial charge in [-0.3, -0.25) is 9.00 Å². The van der Waals surface area contributed by atoms with Crippen molar-refractivity contribution in [3.8, 4) is 5.75 Å². The standard InChI is InChI=1S/C12H12O4S/c1-15-9-3-4-11-8(5-9)6-12(16-11)10(13)7-17(2)14/h3-6H,7H2,1-2H3. The minimum Gasteiger partial charge on any atom is -0.497 e. The van der Waals surface area contributed by atoms with Crippen LogP contribution in [0.25, 0.3) is 11.0 Å². The summed E-state index contributed by atoms with van der Waals surface area (Å²) < 4.78 is 21.4. The molecule has 0 fully saturated rings. The highest BCUT2D eigenvalue weighted by Gasteiger charge is 2.13. The molecule has 17 heavy (non-hydrogen) atoms. The van der Waals surface area contributed by atoms with Crippen LogP contribution in [0.4, 0.5) is 0 Å². The lowest BCUT2D eigenvalue weighted by atomic mass is 10.2. The lowest BCUT2D eigenvalue weighted by molar-refractivity contribution is 0.0993. The van der Waals surface area contributed by atoms with Gasteiger partial charge in [-0.25, -0.2) is 0 Å². The number of fused-ring (bicyclic) bond motifs is 1. The molecule has 0 radical (unpaired) electrons. The van der Waals surface area contributed by atoms with E-state index in [1.165, 1.54) is 6.26 Å². The number of Topliss-reactive ketones (excluding diaryl/α,β-unsaturated/α-hetero) is 1. The van der Waals surface area contributed by atoms with E-state index in [0.29, 0.717) is 11.3 Å². The Hall–Kier alpha value is -1.62. The molecule has 0 aliphatic rings. The molecule has 0 N–H and O–H groups in total. The summed E-state index contributed by atoms with van der Waals surface area (Å²) in [6.07, 6.45) is 1.49. The van der Waals surface area contributed by atoms with Gasteiger partial charge in [0.15, 0.2) is 5.76 Å². The lowest BCUT2D eigenvalue weighted by Gasteiger charge is -1.96. The molecule has 0 bridgehead atoms. The van der Waals surface area contributed by atoms with Crippen molar-refractivity contribution in [2.75, 3.05) is 19.1 Å². The summed E-state index contributed by atoms with van der Waals surface area (Å²) in [6.45, 7) is 0. The van der Waals surface area contributed by atoms with E-state index < -0.39 is 10.8 Å². The number of benzene rings is 1. The monoisotopic (exact) mass is 252 g/mol. The van der Waals surface area contributed by atoms with Crippen molar-refractivity contribution < 1.29 is 18.2 Å². The molecule has 0 aliphatic heterocycles. The van der Waals surface area contributed by atoms with Crippen LogP contribution in [0.3, 0.4) is 0 Å². The summed E-state index contributed by atoms with van der Waals surface area (Å²) in [6, 6.07) is 6.94. The topological polar surface area (TPSA) is 56.5 Å². The number of carbonyl (C=O) groups excluding carboxylic acids is 1. The molecular weight excluding hydrogens is 240 g/mol. The zero-order valence-electron chi connectivity index (χ0n) is 9.56. The van der Waals surface area contributed by atoms with E-state index in [1.54, 1.807) is 31.4 Å². The van der Waals surface area contributed by atoms with Crippen molar-refractivity contribution in [2.24, 2.45) is 0 Å². The fraction of sp³-hybridized carbons (Fsp3) is 0.250. The highest BCUT2D eigenvalue weighted by atomic mass is 32.2. The predicted octanol–water partition coefficient (Wildman–Crippen LogP) is 2.00. The molecule has 4 nitrogen and oxygen atoms in total. The van der Waals surface area contributed by atoms with Gasteiger partial charge in [-0.05, 0) is 24.3 Å². The van der Waals surface area contributed by atoms with Crippen molar-refractivity contribution in [1.82, 2.24) is 0 Å². The summed E-state index contributed by atoms with van der Waals surface area (Å²) in [7, 11) is 0.419.